The molecule has 6 heteroatoms. The third-order valence-electron chi connectivity index (χ3n) is 2.93. The minimum Gasteiger partial charge on any atom is -0.478 e. The van der Waals surface area contributed by atoms with Crippen molar-refractivity contribution >= 4 is 11.9 Å². The number of carboxylic acid groups (broad SMARTS) is 1. The largest absolute Gasteiger partial charge is 0.478 e. The van der Waals surface area contributed by atoms with Gasteiger partial charge < -0.3 is 24.7 Å². The molecule has 132 valence electrons. The van der Waals surface area contributed by atoms with Gasteiger partial charge in [-0.05, 0) is 37.1 Å². The monoisotopic (exact) mass is 494 g/mol. The van der Waals surface area contributed by atoms with E-state index >= 15 is 0 Å². The van der Waals surface area contributed by atoms with Crippen LogP contribution in [-0.2, 0) is 70.2 Å². The van der Waals surface area contributed by atoms with Crippen LogP contribution in [-0.4, -0.2) is 24.2 Å². The van der Waals surface area contributed by atoms with Crippen molar-refractivity contribution in [2.75, 3.05) is 7.11 Å². The zero-order valence-electron chi connectivity index (χ0n) is 15.4. The van der Waals surface area contributed by atoms with Crippen LogP contribution in [0.1, 0.15) is 31.8 Å². The van der Waals surface area contributed by atoms with E-state index in [0.717, 1.165) is 11.1 Å². The van der Waals surface area contributed by atoms with Crippen LogP contribution in [0.15, 0.2) is 48.5 Å². The molecule has 0 atom stereocenters. The Labute approximate surface area is 201 Å². The number of carbonyl (C=O) groups is 2. The standard InChI is InChI=1S/C9H10O2.C8H8O2.2CH3.2Y/c1-7-5-3-4-6-8(7)9(10)11-2;1-6-4-2-3-5-7(6)8(9)10;;;;/h3-6H,1-2H3;2-5H,1H3,(H,9,10);2*1H3;;/q;;2*-1;;. The second-order valence-electron chi connectivity index (χ2n) is 4.43. The molecule has 4 nitrogen and oxygen atoms in total. The van der Waals surface area contributed by atoms with Crippen LogP contribution in [0, 0.1) is 28.7 Å². The number of hydrogen-bond donors (Lipinski definition) is 1. The Kier molecular flexibility index (Phi) is 22.0. The molecule has 0 heterocycles. The van der Waals surface area contributed by atoms with Gasteiger partial charge in [0.2, 0.25) is 0 Å². The van der Waals surface area contributed by atoms with E-state index in [4.69, 9.17) is 5.11 Å². The summed E-state index contributed by atoms with van der Waals surface area (Å²) >= 11 is 0. The molecule has 2 radical (unpaired) electrons. The number of esters is 1. The third-order valence-corrected chi connectivity index (χ3v) is 2.93. The van der Waals surface area contributed by atoms with Gasteiger partial charge in [-0.15, -0.1) is 0 Å². The number of rotatable bonds is 2. The average Bonchev–Trinajstić information content (AvgIpc) is 2.48. The fourth-order valence-electron chi connectivity index (χ4n) is 1.72. The molecule has 0 aliphatic carbocycles. The van der Waals surface area contributed by atoms with Gasteiger partial charge >= 0.3 is 11.9 Å². The molecule has 0 aromatic heterocycles. The van der Waals surface area contributed by atoms with E-state index in [-0.39, 0.29) is 86.2 Å². The average molecular weight is 494 g/mol. The minimum absolute atomic E-state index is 0. The molecule has 0 saturated heterocycles. The summed E-state index contributed by atoms with van der Waals surface area (Å²) in [6.07, 6.45) is 0. The Morgan fingerprint density at radius 1 is 0.800 bits per heavy atom. The van der Waals surface area contributed by atoms with Crippen LogP contribution in [0.3, 0.4) is 0 Å². The summed E-state index contributed by atoms with van der Waals surface area (Å²) in [6.45, 7) is 3.66. The van der Waals surface area contributed by atoms with E-state index in [9.17, 15) is 9.59 Å². The maximum absolute atomic E-state index is 11.0. The summed E-state index contributed by atoms with van der Waals surface area (Å²) < 4.78 is 4.58. The molecule has 0 unspecified atom stereocenters. The Morgan fingerprint density at radius 2 is 1.16 bits per heavy atom. The van der Waals surface area contributed by atoms with Crippen LogP contribution in [0.5, 0.6) is 0 Å². The van der Waals surface area contributed by atoms with E-state index < -0.39 is 5.97 Å². The number of aryl methyl sites for hydroxylation is 2. The number of aromatic carboxylic acids is 1. The fourth-order valence-corrected chi connectivity index (χ4v) is 1.72. The number of carboxylic acids is 1. The molecule has 0 aliphatic rings. The number of carbonyl (C=O) groups excluding carboxylic acids is 1. The molecule has 2 aromatic carbocycles. The van der Waals surface area contributed by atoms with Crippen molar-refractivity contribution in [2.24, 2.45) is 0 Å². The maximum Gasteiger partial charge on any atom is 0.338 e. The van der Waals surface area contributed by atoms with E-state index in [2.05, 4.69) is 4.74 Å². The van der Waals surface area contributed by atoms with Gasteiger partial charge in [0.25, 0.3) is 0 Å². The molecule has 2 rings (SSSR count). The van der Waals surface area contributed by atoms with E-state index in [0.29, 0.717) is 11.1 Å². The first kappa shape index (κ1) is 32.3. The summed E-state index contributed by atoms with van der Waals surface area (Å²) in [7, 11) is 1.38. The van der Waals surface area contributed by atoms with Crippen LogP contribution >= 0.6 is 0 Å². The molecular weight excluding hydrogens is 470 g/mol. The predicted molar refractivity (Wildman–Crippen MR) is 93.5 cm³/mol. The Balaban J connectivity index is -0.000000152. The molecule has 0 amide bonds. The first-order valence-electron chi connectivity index (χ1n) is 6.40. The molecular formula is C19H24O4Y2-2. The fraction of sp³-hybridized carbons (Fsp3) is 0.158. The molecule has 0 spiro atoms. The van der Waals surface area contributed by atoms with Gasteiger partial charge in [0, 0.05) is 65.4 Å². The van der Waals surface area contributed by atoms with Crippen molar-refractivity contribution in [2.45, 2.75) is 13.8 Å². The first-order chi connectivity index (χ1) is 9.97. The summed E-state index contributed by atoms with van der Waals surface area (Å²) in [5.74, 6) is -1.14. The molecule has 25 heavy (non-hydrogen) atoms. The quantitative estimate of drug-likeness (QED) is 0.498. The summed E-state index contributed by atoms with van der Waals surface area (Å²) in [4.78, 5) is 21.4. The van der Waals surface area contributed by atoms with Gasteiger partial charge in [0.15, 0.2) is 0 Å². The Bertz CT molecular complexity index is 643. The van der Waals surface area contributed by atoms with E-state index in [1.165, 1.54) is 7.11 Å². The van der Waals surface area contributed by atoms with Crippen LogP contribution in [0.25, 0.3) is 0 Å². The van der Waals surface area contributed by atoms with Gasteiger partial charge in [-0.3, -0.25) is 0 Å². The van der Waals surface area contributed by atoms with Crippen LogP contribution in [0.4, 0.5) is 0 Å². The molecule has 0 aliphatic heterocycles. The summed E-state index contributed by atoms with van der Waals surface area (Å²) in [5.41, 5.74) is 2.76. The topological polar surface area (TPSA) is 63.6 Å². The number of benzene rings is 2. The van der Waals surface area contributed by atoms with Gasteiger partial charge in [-0.25, -0.2) is 9.59 Å². The molecule has 1 N–H and O–H groups in total. The van der Waals surface area contributed by atoms with Crippen molar-refractivity contribution in [3.05, 3.63) is 85.6 Å². The molecule has 0 bridgehead atoms. The van der Waals surface area contributed by atoms with Crippen molar-refractivity contribution in [3.63, 3.8) is 0 Å². The summed E-state index contributed by atoms with van der Waals surface area (Å²) in [5, 5.41) is 8.57. The SMILES string of the molecule is COC(=O)c1ccccc1C.Cc1ccccc1C(=O)O.[CH3-].[CH3-].[Y].[Y]. The second-order valence-corrected chi connectivity index (χ2v) is 4.43. The van der Waals surface area contributed by atoms with E-state index in [1.54, 1.807) is 31.2 Å². The summed E-state index contributed by atoms with van der Waals surface area (Å²) in [6, 6.07) is 14.3. The van der Waals surface area contributed by atoms with Crippen molar-refractivity contribution in [1.29, 1.82) is 0 Å². The molecule has 2 aromatic rings. The number of methoxy groups -OCH3 is 1. The minimum atomic E-state index is -0.863. The smallest absolute Gasteiger partial charge is 0.338 e. The second kappa shape index (κ2) is 17.0. The number of ether oxygens (including phenoxy) is 1. The van der Waals surface area contributed by atoms with Gasteiger partial charge in [0.05, 0.1) is 18.2 Å². The van der Waals surface area contributed by atoms with Gasteiger partial charge in [0.1, 0.15) is 0 Å². The zero-order chi connectivity index (χ0) is 15.8. The zero-order valence-corrected chi connectivity index (χ0v) is 21.1. The molecule has 0 fully saturated rings. The van der Waals surface area contributed by atoms with Crippen LogP contribution in [0.2, 0.25) is 0 Å². The maximum atomic E-state index is 11.0. The Morgan fingerprint density at radius 3 is 1.44 bits per heavy atom. The number of hydrogen-bond acceptors (Lipinski definition) is 3. The van der Waals surface area contributed by atoms with E-state index in [1.807, 2.05) is 31.2 Å². The normalized spacial score (nSPS) is 7.80. The third kappa shape index (κ3) is 11.0. The first-order valence-corrected chi connectivity index (χ1v) is 6.40. The van der Waals surface area contributed by atoms with Crippen molar-refractivity contribution < 1.29 is 84.9 Å². The van der Waals surface area contributed by atoms with Gasteiger partial charge in [-0.2, -0.15) is 0 Å². The van der Waals surface area contributed by atoms with Crippen molar-refractivity contribution in [3.8, 4) is 0 Å². The van der Waals surface area contributed by atoms with Crippen LogP contribution < -0.4 is 0 Å². The van der Waals surface area contributed by atoms with Gasteiger partial charge in [-0.1, -0.05) is 36.4 Å². The van der Waals surface area contributed by atoms with Crippen molar-refractivity contribution in [1.82, 2.24) is 0 Å². The predicted octanol–water partition coefficient (Wildman–Crippen LogP) is 4.37. The Hall–Kier alpha value is -0.412. The molecule has 0 saturated carbocycles.